The summed E-state index contributed by atoms with van der Waals surface area (Å²) in [6.07, 6.45) is -1.26. The number of hydrogen-bond donors (Lipinski definition) is 3. The fourth-order valence-electron chi connectivity index (χ4n) is 1.77. The molecule has 0 aliphatic carbocycles. The van der Waals surface area contributed by atoms with E-state index in [1.807, 2.05) is 30.3 Å². The van der Waals surface area contributed by atoms with Crippen LogP contribution in [0.25, 0.3) is 0 Å². The molecule has 0 radical (unpaired) electrons. The number of thiocarbonyl (C=S) groups is 1. The highest BCUT2D eigenvalue weighted by Gasteiger charge is 2.26. The minimum Gasteiger partial charge on any atom is -0.479 e. The molecule has 0 aliphatic rings. The van der Waals surface area contributed by atoms with Gasteiger partial charge in [-0.15, -0.1) is 0 Å². The molecule has 0 spiro atoms. The van der Waals surface area contributed by atoms with Crippen molar-refractivity contribution in [3.8, 4) is 0 Å². The number of benzene rings is 1. The Morgan fingerprint density at radius 1 is 1.30 bits per heavy atom. The number of carbonyl (C=O) groups is 2. The molecule has 0 aromatic heterocycles. The molecule has 108 valence electrons. The summed E-state index contributed by atoms with van der Waals surface area (Å²) in [7, 11) is 0. The lowest BCUT2D eigenvalue weighted by molar-refractivity contribution is -0.147. The van der Waals surface area contributed by atoms with E-state index < -0.39 is 18.1 Å². The first-order chi connectivity index (χ1) is 9.40. The first-order valence-electron chi connectivity index (χ1n) is 6.13. The van der Waals surface area contributed by atoms with Crippen molar-refractivity contribution < 1.29 is 19.8 Å². The lowest BCUT2D eigenvalue weighted by atomic mass is 10.0. The zero-order valence-corrected chi connectivity index (χ0v) is 11.9. The highest BCUT2D eigenvalue weighted by atomic mass is 32.1. The Balaban J connectivity index is 2.77. The predicted molar refractivity (Wildman–Crippen MR) is 78.6 cm³/mol. The summed E-state index contributed by atoms with van der Waals surface area (Å²) < 4.78 is 0. The van der Waals surface area contributed by atoms with E-state index in [4.69, 9.17) is 17.3 Å². The molecule has 6 heteroatoms. The van der Waals surface area contributed by atoms with Gasteiger partial charge >= 0.3 is 5.97 Å². The van der Waals surface area contributed by atoms with Gasteiger partial charge in [0.15, 0.2) is 6.10 Å². The molecule has 0 saturated carbocycles. The first-order valence-corrected chi connectivity index (χ1v) is 6.54. The summed E-state index contributed by atoms with van der Waals surface area (Å²) in [5.74, 6) is -1.45. The quantitative estimate of drug-likeness (QED) is 0.649. The summed E-state index contributed by atoms with van der Waals surface area (Å²) in [6, 6.07) is 8.39. The van der Waals surface area contributed by atoms with Gasteiger partial charge in [0.2, 0.25) is 0 Å². The highest BCUT2D eigenvalue weighted by Crippen LogP contribution is 2.07. The Labute approximate surface area is 122 Å². The van der Waals surface area contributed by atoms with E-state index in [1.165, 1.54) is 6.92 Å². The lowest BCUT2D eigenvalue weighted by Crippen LogP contribution is -2.48. The fraction of sp³-hybridized carbons (Fsp3) is 0.357. The van der Waals surface area contributed by atoms with Gasteiger partial charge in [-0.25, -0.2) is 4.79 Å². The van der Waals surface area contributed by atoms with Crippen LogP contribution >= 0.6 is 12.2 Å². The molecule has 5 nitrogen and oxygen atoms in total. The van der Waals surface area contributed by atoms with Gasteiger partial charge in [0.25, 0.3) is 0 Å². The van der Waals surface area contributed by atoms with Crippen LogP contribution < -0.4 is 5.32 Å². The maximum Gasteiger partial charge on any atom is 0.334 e. The Hall–Kier alpha value is -1.79. The molecule has 0 unspecified atom stereocenters. The molecule has 20 heavy (non-hydrogen) atoms. The normalized spacial score (nSPS) is 13.3. The van der Waals surface area contributed by atoms with Crippen molar-refractivity contribution in [2.75, 3.05) is 0 Å². The number of carboxylic acid groups (broad SMARTS) is 1. The molecule has 1 aromatic rings. The van der Waals surface area contributed by atoms with E-state index in [9.17, 15) is 14.7 Å². The van der Waals surface area contributed by atoms with Gasteiger partial charge in [0.05, 0.1) is 17.5 Å². The number of ketones is 1. The Bertz CT molecular complexity index is 489. The summed E-state index contributed by atoms with van der Waals surface area (Å²) in [6.45, 7) is 1.40. The molecule has 0 aliphatic heterocycles. The lowest BCUT2D eigenvalue weighted by Gasteiger charge is -2.22. The third kappa shape index (κ3) is 5.46. The molecule has 0 saturated heterocycles. The number of aliphatic carboxylic acids is 1. The number of rotatable bonds is 7. The van der Waals surface area contributed by atoms with Crippen LogP contribution in [-0.2, 0) is 16.0 Å². The smallest absolute Gasteiger partial charge is 0.334 e. The zero-order valence-electron chi connectivity index (χ0n) is 11.1. The molecule has 1 aromatic carbocycles. The molecule has 0 bridgehead atoms. The molecular formula is C14H17NO4S. The van der Waals surface area contributed by atoms with Gasteiger partial charge in [-0.1, -0.05) is 42.5 Å². The number of aliphatic hydroxyl groups is 1. The van der Waals surface area contributed by atoms with E-state index in [-0.39, 0.29) is 17.2 Å². The van der Waals surface area contributed by atoms with E-state index >= 15 is 0 Å². The predicted octanol–water partition coefficient (Wildman–Crippen LogP) is 0.939. The van der Waals surface area contributed by atoms with E-state index in [0.717, 1.165) is 5.56 Å². The van der Waals surface area contributed by atoms with Crippen LogP contribution in [-0.4, -0.2) is 39.1 Å². The maximum absolute atomic E-state index is 11.0. The van der Waals surface area contributed by atoms with Crippen LogP contribution in [0.15, 0.2) is 30.3 Å². The second kappa shape index (κ2) is 7.72. The van der Waals surface area contributed by atoms with E-state index in [1.54, 1.807) is 0 Å². The number of carboxylic acids is 1. The minimum atomic E-state index is -1.60. The van der Waals surface area contributed by atoms with Crippen molar-refractivity contribution in [3.63, 3.8) is 0 Å². The average molecular weight is 295 g/mol. The molecule has 1 rings (SSSR count). The van der Waals surface area contributed by atoms with Gasteiger partial charge in [-0.05, 0) is 18.9 Å². The summed E-state index contributed by atoms with van der Waals surface area (Å²) in [5.41, 5.74) is 0.871. The number of nitrogens with one attached hydrogen (secondary N) is 1. The minimum absolute atomic E-state index is 0.0347. The second-order valence-electron chi connectivity index (χ2n) is 4.53. The third-order valence-corrected chi connectivity index (χ3v) is 2.95. The second-order valence-corrected chi connectivity index (χ2v) is 5.02. The topological polar surface area (TPSA) is 86.6 Å². The molecule has 2 atom stereocenters. The van der Waals surface area contributed by atoms with Crippen LogP contribution in [0.2, 0.25) is 0 Å². The van der Waals surface area contributed by atoms with Crippen molar-refractivity contribution in [2.45, 2.75) is 31.9 Å². The third-order valence-electron chi connectivity index (χ3n) is 2.69. The van der Waals surface area contributed by atoms with Crippen LogP contribution in [0.1, 0.15) is 18.9 Å². The molecule has 3 N–H and O–H groups in total. The van der Waals surface area contributed by atoms with Crippen LogP contribution in [0, 0.1) is 0 Å². The maximum atomic E-state index is 11.0. The van der Waals surface area contributed by atoms with Crippen molar-refractivity contribution in [3.05, 3.63) is 35.9 Å². The van der Waals surface area contributed by atoms with Crippen molar-refractivity contribution >= 4 is 29.0 Å². The van der Waals surface area contributed by atoms with Crippen molar-refractivity contribution in [1.82, 2.24) is 5.32 Å². The number of Topliss-reactive ketones (excluding diaryl/α,β-unsaturated/α-hetero) is 1. The van der Waals surface area contributed by atoms with Gasteiger partial charge in [0, 0.05) is 0 Å². The van der Waals surface area contributed by atoms with Gasteiger partial charge < -0.3 is 15.5 Å². The Morgan fingerprint density at radius 3 is 2.40 bits per heavy atom. The fourth-order valence-corrected chi connectivity index (χ4v) is 2.12. The summed E-state index contributed by atoms with van der Waals surface area (Å²) in [5, 5.41) is 21.4. The van der Waals surface area contributed by atoms with Crippen molar-refractivity contribution in [1.29, 1.82) is 0 Å². The standard InChI is InChI=1S/C14H17NO4S/c1-9(16)7-12(20)15-11(13(17)14(18)19)8-10-5-3-2-4-6-10/h2-6,11,13,17H,7-8H2,1H3,(H,15,20)(H,18,19)/t11-,13+/m1/s1. The first kappa shape index (κ1) is 16.3. The molecule has 0 fully saturated rings. The average Bonchev–Trinajstić information content (AvgIpc) is 2.37. The summed E-state index contributed by atoms with van der Waals surface area (Å²) >= 11 is 4.99. The van der Waals surface area contributed by atoms with Crippen LogP contribution in [0.4, 0.5) is 0 Å². The van der Waals surface area contributed by atoms with Crippen LogP contribution in [0.5, 0.6) is 0 Å². The molecular weight excluding hydrogens is 278 g/mol. The number of carbonyl (C=O) groups excluding carboxylic acids is 1. The zero-order chi connectivity index (χ0) is 15.1. The van der Waals surface area contributed by atoms with Gasteiger partial charge in [-0.2, -0.15) is 0 Å². The monoisotopic (exact) mass is 295 g/mol. The van der Waals surface area contributed by atoms with Crippen molar-refractivity contribution in [2.24, 2.45) is 0 Å². The van der Waals surface area contributed by atoms with Gasteiger partial charge in [-0.3, -0.25) is 4.79 Å². The molecule has 0 amide bonds. The Kier molecular flexibility index (Phi) is 6.27. The van der Waals surface area contributed by atoms with E-state index in [0.29, 0.717) is 6.42 Å². The number of aliphatic hydroxyl groups excluding tert-OH is 1. The highest BCUT2D eigenvalue weighted by molar-refractivity contribution is 7.80. The SMILES string of the molecule is CC(=O)CC(=S)N[C@H](Cc1ccccc1)[C@H](O)C(=O)O. The van der Waals surface area contributed by atoms with E-state index in [2.05, 4.69) is 5.32 Å². The summed E-state index contributed by atoms with van der Waals surface area (Å²) in [4.78, 5) is 22.2. The molecule has 0 heterocycles. The Morgan fingerprint density at radius 2 is 1.90 bits per heavy atom. The van der Waals surface area contributed by atoms with Gasteiger partial charge in [0.1, 0.15) is 5.78 Å². The number of hydrogen-bond acceptors (Lipinski definition) is 4. The largest absolute Gasteiger partial charge is 0.479 e. The van der Waals surface area contributed by atoms with Crippen LogP contribution in [0.3, 0.4) is 0 Å².